The molecule has 0 amide bonds. The van der Waals surface area contributed by atoms with Gasteiger partial charge in [0.15, 0.2) is 11.5 Å². The second-order valence-corrected chi connectivity index (χ2v) is 10.3. The molecule has 42 heavy (non-hydrogen) atoms. The predicted molar refractivity (Wildman–Crippen MR) is 159 cm³/mol. The molecular formula is C36H28IrN2O3-2. The van der Waals surface area contributed by atoms with Crippen molar-refractivity contribution in [1.82, 2.24) is 9.97 Å². The van der Waals surface area contributed by atoms with Crippen LogP contribution in [0.4, 0.5) is 0 Å². The summed E-state index contributed by atoms with van der Waals surface area (Å²) >= 11 is 0. The number of pyridine rings is 2. The number of hydrogen-bond donors (Lipinski definition) is 0. The Hall–Kier alpha value is -4.25. The molecule has 3 aromatic carbocycles. The van der Waals surface area contributed by atoms with Gasteiger partial charge in [-0.2, -0.15) is 0 Å². The zero-order chi connectivity index (χ0) is 27.4. The van der Waals surface area contributed by atoms with Crippen molar-refractivity contribution < 1.29 is 34.0 Å². The smallest absolute Gasteiger partial charge is 0.166 e. The summed E-state index contributed by atoms with van der Waals surface area (Å²) in [4.78, 5) is 8.85. The van der Waals surface area contributed by atoms with Crippen LogP contribution in [0.3, 0.4) is 0 Å². The second kappa shape index (κ2) is 12.7. The molecule has 1 saturated carbocycles. The normalized spacial score (nSPS) is 13.8. The third-order valence-corrected chi connectivity index (χ3v) is 7.67. The molecule has 0 atom stereocenters. The van der Waals surface area contributed by atoms with Gasteiger partial charge in [-0.3, -0.25) is 0 Å². The molecule has 1 fully saturated rings. The Kier molecular flexibility index (Phi) is 8.45. The summed E-state index contributed by atoms with van der Waals surface area (Å²) < 4.78 is 17.5. The fourth-order valence-electron chi connectivity index (χ4n) is 5.57. The molecular weight excluding hydrogens is 701 g/mol. The molecule has 6 aromatic rings. The number of benzene rings is 3. The SMILES string of the molecule is [Ir].[c-]1cc(C2CCCCC2)ccc1-c1ccccn1.[c-]1ccc2c(c1-c1nccc3occc13)Oc1ccccc1O2. The van der Waals surface area contributed by atoms with E-state index in [1.54, 1.807) is 12.5 Å². The first-order valence-electron chi connectivity index (χ1n) is 14.1. The summed E-state index contributed by atoms with van der Waals surface area (Å²) in [6.07, 6.45) is 12.1. The van der Waals surface area contributed by atoms with E-state index in [9.17, 15) is 0 Å². The monoisotopic (exact) mass is 729 g/mol. The van der Waals surface area contributed by atoms with E-state index >= 15 is 0 Å². The van der Waals surface area contributed by atoms with Gasteiger partial charge in [-0.05, 0) is 36.0 Å². The van der Waals surface area contributed by atoms with Crippen LogP contribution in [0.1, 0.15) is 43.6 Å². The van der Waals surface area contributed by atoms with E-state index in [1.807, 2.05) is 72.9 Å². The number of furan rings is 1. The van der Waals surface area contributed by atoms with Gasteiger partial charge in [0, 0.05) is 43.6 Å². The Bertz CT molecular complexity index is 1780. The molecule has 211 valence electrons. The zero-order valence-corrected chi connectivity index (χ0v) is 25.3. The first-order chi connectivity index (χ1) is 20.3. The molecule has 8 rings (SSSR count). The molecule has 0 N–H and O–H groups in total. The fraction of sp³-hybridized carbons (Fsp3) is 0.167. The predicted octanol–water partition coefficient (Wildman–Crippen LogP) is 9.79. The molecule has 1 aliphatic carbocycles. The van der Waals surface area contributed by atoms with Crippen LogP contribution >= 0.6 is 0 Å². The largest absolute Gasteiger partial charge is 0.494 e. The van der Waals surface area contributed by atoms with Gasteiger partial charge in [0.25, 0.3) is 0 Å². The quantitative estimate of drug-likeness (QED) is 0.170. The van der Waals surface area contributed by atoms with Crippen molar-refractivity contribution in [1.29, 1.82) is 0 Å². The van der Waals surface area contributed by atoms with Crippen LogP contribution in [0.25, 0.3) is 33.5 Å². The van der Waals surface area contributed by atoms with E-state index in [2.05, 4.69) is 40.3 Å². The van der Waals surface area contributed by atoms with Gasteiger partial charge in [-0.25, -0.2) is 0 Å². The molecule has 0 unspecified atom stereocenters. The maximum atomic E-state index is 6.06. The minimum absolute atomic E-state index is 0. The maximum Gasteiger partial charge on any atom is 0.166 e. The molecule has 6 heteroatoms. The Morgan fingerprint density at radius 1 is 0.714 bits per heavy atom. The van der Waals surface area contributed by atoms with E-state index in [0.29, 0.717) is 23.0 Å². The van der Waals surface area contributed by atoms with Gasteiger partial charge >= 0.3 is 0 Å². The Morgan fingerprint density at radius 3 is 2.33 bits per heavy atom. The average molecular weight is 729 g/mol. The Balaban J connectivity index is 0.000000151. The first kappa shape index (κ1) is 27.9. The number of fused-ring (bicyclic) bond motifs is 3. The van der Waals surface area contributed by atoms with Crippen molar-refractivity contribution in [2.24, 2.45) is 0 Å². The number of para-hydroxylation sites is 2. The Morgan fingerprint density at radius 2 is 1.55 bits per heavy atom. The minimum atomic E-state index is 0. The fourth-order valence-corrected chi connectivity index (χ4v) is 5.57. The van der Waals surface area contributed by atoms with Crippen molar-refractivity contribution in [2.45, 2.75) is 38.0 Å². The molecule has 2 aliphatic rings. The number of hydrogen-bond acceptors (Lipinski definition) is 5. The summed E-state index contributed by atoms with van der Waals surface area (Å²) in [6.45, 7) is 0. The van der Waals surface area contributed by atoms with Crippen molar-refractivity contribution >= 4 is 11.0 Å². The summed E-state index contributed by atoms with van der Waals surface area (Å²) in [5, 5.41) is 0.916. The molecule has 1 radical (unpaired) electrons. The van der Waals surface area contributed by atoms with Crippen molar-refractivity contribution in [2.75, 3.05) is 0 Å². The minimum Gasteiger partial charge on any atom is -0.494 e. The van der Waals surface area contributed by atoms with Gasteiger partial charge in [0.2, 0.25) is 0 Å². The van der Waals surface area contributed by atoms with Crippen molar-refractivity contribution in [3.8, 4) is 45.5 Å². The van der Waals surface area contributed by atoms with E-state index in [4.69, 9.17) is 13.9 Å². The number of aromatic nitrogens is 2. The van der Waals surface area contributed by atoms with Gasteiger partial charge in [-0.15, -0.1) is 47.5 Å². The van der Waals surface area contributed by atoms with Crippen molar-refractivity contribution in [3.05, 3.63) is 121 Å². The van der Waals surface area contributed by atoms with Crippen LogP contribution in [-0.2, 0) is 20.1 Å². The average Bonchev–Trinajstić information content (AvgIpc) is 3.54. The summed E-state index contributed by atoms with van der Waals surface area (Å²) in [5.74, 6) is 3.41. The van der Waals surface area contributed by atoms with Crippen LogP contribution < -0.4 is 9.47 Å². The van der Waals surface area contributed by atoms with Gasteiger partial charge < -0.3 is 23.9 Å². The third kappa shape index (κ3) is 5.74. The van der Waals surface area contributed by atoms with Gasteiger partial charge in [0.1, 0.15) is 5.58 Å². The molecule has 0 bridgehead atoms. The number of ether oxygens (including phenoxy) is 2. The van der Waals surface area contributed by atoms with E-state index in [1.165, 1.54) is 37.7 Å². The summed E-state index contributed by atoms with van der Waals surface area (Å²) in [5.41, 5.74) is 5.84. The standard InChI is InChI=1S/C19H10NO3.C17H18N.Ir/c1-2-6-16-15(5-1)22-17-7-3-4-13(19(17)23-16)18-12-9-11-21-14(12)8-10-20-18;1-2-6-14(7-3-1)15-9-11-16(12-10-15)17-8-4-5-13-18-17;/h1-3,5-11H;4-5,8-11,13-14H,1-3,6-7H2;/q2*-1;. The van der Waals surface area contributed by atoms with E-state index in [0.717, 1.165) is 39.4 Å². The van der Waals surface area contributed by atoms with Crippen molar-refractivity contribution in [3.63, 3.8) is 0 Å². The summed E-state index contributed by atoms with van der Waals surface area (Å²) in [6, 6.07) is 34.1. The topological polar surface area (TPSA) is 57.4 Å². The van der Waals surface area contributed by atoms with Crippen LogP contribution in [-0.4, -0.2) is 9.97 Å². The third-order valence-electron chi connectivity index (χ3n) is 7.67. The molecule has 4 heterocycles. The van der Waals surface area contributed by atoms with Crippen LogP contribution in [0.15, 0.2) is 108 Å². The van der Waals surface area contributed by atoms with Crippen LogP contribution in [0.2, 0.25) is 0 Å². The van der Waals surface area contributed by atoms with Crippen LogP contribution in [0.5, 0.6) is 23.0 Å². The Labute approximate surface area is 258 Å². The molecule has 3 aromatic heterocycles. The van der Waals surface area contributed by atoms with E-state index in [-0.39, 0.29) is 20.1 Å². The first-order valence-corrected chi connectivity index (χ1v) is 14.1. The molecule has 5 nitrogen and oxygen atoms in total. The molecule has 0 spiro atoms. The summed E-state index contributed by atoms with van der Waals surface area (Å²) in [7, 11) is 0. The van der Waals surface area contributed by atoms with Crippen LogP contribution in [0, 0.1) is 12.1 Å². The van der Waals surface area contributed by atoms with Gasteiger partial charge in [-0.1, -0.05) is 73.9 Å². The zero-order valence-electron chi connectivity index (χ0n) is 22.9. The van der Waals surface area contributed by atoms with Gasteiger partial charge in [0.05, 0.1) is 17.8 Å². The number of nitrogens with zero attached hydrogens (tertiary/aromatic N) is 2. The number of rotatable bonds is 3. The molecule has 0 saturated heterocycles. The second-order valence-electron chi connectivity index (χ2n) is 10.3. The molecule has 1 aliphatic heterocycles. The maximum absolute atomic E-state index is 6.06. The van der Waals surface area contributed by atoms with E-state index < -0.39 is 0 Å².